The summed E-state index contributed by atoms with van der Waals surface area (Å²) in [5.74, 6) is -1.29. The van der Waals surface area contributed by atoms with Gasteiger partial charge >= 0.3 is 5.97 Å². The van der Waals surface area contributed by atoms with Crippen molar-refractivity contribution in [3.8, 4) is 0 Å². The number of carboxylic acids is 1. The predicted octanol–water partition coefficient (Wildman–Crippen LogP) is 0.733. The van der Waals surface area contributed by atoms with Crippen LogP contribution in [0.1, 0.15) is 6.42 Å². The second-order valence-corrected chi connectivity index (χ2v) is 5.52. The van der Waals surface area contributed by atoms with Crippen LogP contribution in [0.3, 0.4) is 0 Å². The number of anilines is 1. The molecule has 1 aliphatic heterocycles. The van der Waals surface area contributed by atoms with Crippen molar-refractivity contribution in [3.05, 3.63) is 34.4 Å². The first-order valence-corrected chi connectivity index (χ1v) is 7.43. The Bertz CT molecular complexity index is 635. The molecule has 130 valence electrons. The third-order valence-corrected chi connectivity index (χ3v) is 3.82. The van der Waals surface area contributed by atoms with Gasteiger partial charge in [-0.25, -0.2) is 0 Å². The summed E-state index contributed by atoms with van der Waals surface area (Å²) in [6.45, 7) is 0.743. The molecular weight excluding hydrogens is 318 g/mol. The van der Waals surface area contributed by atoms with Gasteiger partial charge in [-0.3, -0.25) is 19.7 Å². The summed E-state index contributed by atoms with van der Waals surface area (Å²) in [7, 11) is 1.59. The Balaban J connectivity index is 2.10. The number of aliphatic carboxylic acids is 1. The van der Waals surface area contributed by atoms with Crippen LogP contribution in [0.2, 0.25) is 0 Å². The number of carbonyl (C=O) groups excluding carboxylic acids is 1. The lowest BCUT2D eigenvalue weighted by Gasteiger charge is -2.36. The van der Waals surface area contributed by atoms with E-state index >= 15 is 0 Å². The summed E-state index contributed by atoms with van der Waals surface area (Å²) < 4.78 is 5.24. The van der Waals surface area contributed by atoms with Crippen LogP contribution < -0.4 is 4.90 Å². The Morgan fingerprint density at radius 2 is 2.17 bits per heavy atom. The highest BCUT2D eigenvalue weighted by Gasteiger charge is 2.30. The van der Waals surface area contributed by atoms with Gasteiger partial charge in [0.05, 0.1) is 37.1 Å². The highest BCUT2D eigenvalue weighted by atomic mass is 16.6. The van der Waals surface area contributed by atoms with Gasteiger partial charge in [0.1, 0.15) is 5.69 Å². The number of morpholine rings is 1. The lowest BCUT2D eigenvalue weighted by Crippen LogP contribution is -2.52. The monoisotopic (exact) mass is 337 g/mol. The highest BCUT2D eigenvalue weighted by Crippen LogP contribution is 2.26. The second kappa shape index (κ2) is 7.73. The van der Waals surface area contributed by atoms with Gasteiger partial charge in [-0.05, 0) is 6.07 Å². The van der Waals surface area contributed by atoms with Crippen molar-refractivity contribution in [2.45, 2.75) is 12.5 Å². The van der Waals surface area contributed by atoms with Crippen molar-refractivity contribution < 1.29 is 24.4 Å². The van der Waals surface area contributed by atoms with E-state index in [1.54, 1.807) is 25.2 Å². The van der Waals surface area contributed by atoms with E-state index in [4.69, 9.17) is 9.84 Å². The van der Waals surface area contributed by atoms with Crippen LogP contribution >= 0.6 is 0 Å². The first-order valence-electron chi connectivity index (χ1n) is 7.43. The van der Waals surface area contributed by atoms with Gasteiger partial charge in [-0.2, -0.15) is 0 Å². The molecular formula is C15H19N3O6. The fourth-order valence-corrected chi connectivity index (χ4v) is 2.67. The summed E-state index contributed by atoms with van der Waals surface area (Å²) in [6.07, 6.45) is -0.194. The first kappa shape index (κ1) is 17.7. The Labute approximate surface area is 138 Å². The number of nitro benzene ring substituents is 1. The van der Waals surface area contributed by atoms with Crippen LogP contribution in [0.25, 0.3) is 0 Å². The normalized spacial score (nSPS) is 17.4. The number of carbonyl (C=O) groups is 2. The zero-order chi connectivity index (χ0) is 17.7. The number of carboxylic acid groups (broad SMARTS) is 1. The van der Waals surface area contributed by atoms with Gasteiger partial charge in [0.2, 0.25) is 5.91 Å². The average Bonchev–Trinajstić information content (AvgIpc) is 2.54. The van der Waals surface area contributed by atoms with Gasteiger partial charge < -0.3 is 19.6 Å². The number of ether oxygens (including phenoxy) is 1. The van der Waals surface area contributed by atoms with E-state index in [0.29, 0.717) is 18.8 Å². The van der Waals surface area contributed by atoms with Crippen molar-refractivity contribution in [2.75, 3.05) is 38.3 Å². The molecule has 9 nitrogen and oxygen atoms in total. The minimum atomic E-state index is -1.00. The molecule has 1 aliphatic rings. The topological polar surface area (TPSA) is 113 Å². The van der Waals surface area contributed by atoms with Gasteiger partial charge in [0, 0.05) is 19.7 Å². The fraction of sp³-hybridized carbons (Fsp3) is 0.467. The Kier molecular flexibility index (Phi) is 5.69. The molecule has 2 rings (SSSR count). The number of para-hydroxylation sites is 2. The summed E-state index contributed by atoms with van der Waals surface area (Å²) >= 11 is 0. The van der Waals surface area contributed by atoms with E-state index in [0.717, 1.165) is 0 Å². The molecule has 0 aromatic heterocycles. The fourth-order valence-electron chi connectivity index (χ4n) is 2.67. The summed E-state index contributed by atoms with van der Waals surface area (Å²) in [5.41, 5.74) is 0.246. The number of hydrogen-bond acceptors (Lipinski definition) is 6. The van der Waals surface area contributed by atoms with Gasteiger partial charge in [0.25, 0.3) is 5.69 Å². The van der Waals surface area contributed by atoms with E-state index in [1.165, 1.54) is 15.9 Å². The molecule has 1 amide bonds. The van der Waals surface area contributed by atoms with E-state index in [2.05, 4.69) is 0 Å². The molecule has 1 fully saturated rings. The minimum Gasteiger partial charge on any atom is -0.481 e. The molecule has 1 atom stereocenters. The second-order valence-electron chi connectivity index (χ2n) is 5.52. The SMILES string of the molecule is CN(CC(=O)N1CCOCC1CC(=O)O)c1ccccc1[N+](=O)[O-]. The third-order valence-electron chi connectivity index (χ3n) is 3.82. The molecule has 0 radical (unpaired) electrons. The van der Waals surface area contributed by atoms with Crippen molar-refractivity contribution in [3.63, 3.8) is 0 Å². The predicted molar refractivity (Wildman–Crippen MR) is 84.9 cm³/mol. The number of nitro groups is 1. The molecule has 1 aromatic rings. The highest BCUT2D eigenvalue weighted by molar-refractivity contribution is 5.83. The molecule has 1 N–H and O–H groups in total. The maximum Gasteiger partial charge on any atom is 0.305 e. The lowest BCUT2D eigenvalue weighted by molar-refractivity contribution is -0.384. The molecule has 0 bridgehead atoms. The molecule has 0 spiro atoms. The quantitative estimate of drug-likeness (QED) is 0.601. The molecule has 0 aliphatic carbocycles. The summed E-state index contributed by atoms with van der Waals surface area (Å²) in [4.78, 5) is 37.0. The first-order chi connectivity index (χ1) is 11.4. The van der Waals surface area contributed by atoms with E-state index in [1.807, 2.05) is 0 Å². The van der Waals surface area contributed by atoms with E-state index in [-0.39, 0.29) is 31.2 Å². The average molecular weight is 337 g/mol. The van der Waals surface area contributed by atoms with Crippen molar-refractivity contribution in [1.29, 1.82) is 0 Å². The van der Waals surface area contributed by atoms with Gasteiger partial charge in [-0.1, -0.05) is 12.1 Å². The number of hydrogen-bond donors (Lipinski definition) is 1. The Morgan fingerprint density at radius 1 is 1.46 bits per heavy atom. The maximum absolute atomic E-state index is 12.5. The zero-order valence-electron chi connectivity index (χ0n) is 13.3. The largest absolute Gasteiger partial charge is 0.481 e. The molecule has 9 heteroatoms. The standard InChI is InChI=1S/C15H19N3O6/c1-16(12-4-2-3-5-13(12)18(22)23)9-14(19)17-6-7-24-10-11(17)8-15(20)21/h2-5,11H,6-10H2,1H3,(H,20,21). The van der Waals surface area contributed by atoms with Gasteiger partial charge in [0.15, 0.2) is 0 Å². The molecule has 1 unspecified atom stereocenters. The summed E-state index contributed by atoms with van der Waals surface area (Å²) in [6, 6.07) is 5.63. The number of rotatable bonds is 6. The Morgan fingerprint density at radius 3 is 2.83 bits per heavy atom. The maximum atomic E-state index is 12.5. The van der Waals surface area contributed by atoms with Crippen LogP contribution in [0.5, 0.6) is 0 Å². The molecule has 1 aromatic carbocycles. The summed E-state index contributed by atoms with van der Waals surface area (Å²) in [5, 5.41) is 20.0. The zero-order valence-corrected chi connectivity index (χ0v) is 13.3. The van der Waals surface area contributed by atoms with Gasteiger partial charge in [-0.15, -0.1) is 0 Å². The van der Waals surface area contributed by atoms with Crippen LogP contribution in [-0.2, 0) is 14.3 Å². The molecule has 1 heterocycles. The van der Waals surface area contributed by atoms with Crippen LogP contribution in [0.15, 0.2) is 24.3 Å². The molecule has 24 heavy (non-hydrogen) atoms. The molecule has 0 saturated carbocycles. The lowest BCUT2D eigenvalue weighted by atomic mass is 10.1. The number of amides is 1. The third kappa shape index (κ3) is 4.19. The Hall–Kier alpha value is -2.68. The van der Waals surface area contributed by atoms with Crippen molar-refractivity contribution in [2.24, 2.45) is 0 Å². The van der Waals surface area contributed by atoms with Crippen LogP contribution in [0, 0.1) is 10.1 Å². The van der Waals surface area contributed by atoms with Crippen LogP contribution in [0.4, 0.5) is 11.4 Å². The van der Waals surface area contributed by atoms with E-state index in [9.17, 15) is 19.7 Å². The number of benzene rings is 1. The smallest absolute Gasteiger partial charge is 0.305 e. The van der Waals surface area contributed by atoms with Crippen molar-refractivity contribution in [1.82, 2.24) is 4.90 Å². The molecule has 1 saturated heterocycles. The minimum absolute atomic E-state index is 0.0824. The van der Waals surface area contributed by atoms with Crippen molar-refractivity contribution >= 4 is 23.3 Å². The number of nitrogens with zero attached hydrogens (tertiary/aromatic N) is 3. The number of likely N-dealkylation sites (N-methyl/N-ethyl adjacent to an activating group) is 1. The van der Waals surface area contributed by atoms with Crippen LogP contribution in [-0.4, -0.2) is 66.2 Å². The van der Waals surface area contributed by atoms with E-state index < -0.39 is 16.9 Å².